The molecule has 144 valence electrons. The molecule has 0 saturated carbocycles. The minimum atomic E-state index is -0.417. The van der Waals surface area contributed by atoms with Crippen LogP contribution in [0.4, 0.5) is 11.4 Å². The van der Waals surface area contributed by atoms with E-state index in [0.717, 1.165) is 5.56 Å². The lowest BCUT2D eigenvalue weighted by Crippen LogP contribution is -2.16. The minimum absolute atomic E-state index is 0.0878. The molecule has 1 aromatic heterocycles. The van der Waals surface area contributed by atoms with Crippen LogP contribution >= 0.6 is 0 Å². The lowest BCUT2D eigenvalue weighted by atomic mass is 10.1. The van der Waals surface area contributed by atoms with E-state index >= 15 is 0 Å². The van der Waals surface area contributed by atoms with Gasteiger partial charge in [-0.2, -0.15) is 5.26 Å². The number of hydrogen-bond acceptors (Lipinski definition) is 6. The molecule has 0 aliphatic rings. The molecule has 7 heteroatoms. The zero-order valence-corrected chi connectivity index (χ0v) is 15.8. The smallest absolute Gasteiger partial charge is 0.274 e. The summed E-state index contributed by atoms with van der Waals surface area (Å²) in [7, 11) is 0. The van der Waals surface area contributed by atoms with E-state index in [4.69, 9.17) is 21.1 Å². The van der Waals surface area contributed by atoms with Crippen molar-refractivity contribution in [1.82, 2.24) is 4.98 Å². The average Bonchev–Trinajstić information content (AvgIpc) is 2.73. The summed E-state index contributed by atoms with van der Waals surface area (Å²) in [5, 5.41) is 19.8. The van der Waals surface area contributed by atoms with Gasteiger partial charge < -0.3 is 15.8 Å². The van der Waals surface area contributed by atoms with Crippen LogP contribution in [0.3, 0.4) is 0 Å². The van der Waals surface area contributed by atoms with Crippen molar-refractivity contribution in [2.45, 2.75) is 13.5 Å². The molecule has 1 amide bonds. The van der Waals surface area contributed by atoms with E-state index in [1.54, 1.807) is 31.2 Å². The predicted molar refractivity (Wildman–Crippen MR) is 111 cm³/mol. The van der Waals surface area contributed by atoms with Gasteiger partial charge in [0.1, 0.15) is 18.4 Å². The van der Waals surface area contributed by atoms with E-state index in [0.29, 0.717) is 28.1 Å². The minimum Gasteiger partial charge on any atom is -0.473 e. The molecule has 0 aliphatic heterocycles. The van der Waals surface area contributed by atoms with Crippen molar-refractivity contribution in [3.63, 3.8) is 0 Å². The van der Waals surface area contributed by atoms with Gasteiger partial charge in [-0.15, -0.1) is 0 Å². The van der Waals surface area contributed by atoms with Gasteiger partial charge in [0.15, 0.2) is 0 Å². The number of nitriles is 1. The molecule has 4 N–H and O–H groups in total. The highest BCUT2D eigenvalue weighted by Gasteiger charge is 2.14. The number of amides is 1. The van der Waals surface area contributed by atoms with Crippen LogP contribution in [0.2, 0.25) is 0 Å². The number of nitrogen functional groups attached to an aromatic ring is 1. The Bertz CT molecular complexity index is 1100. The first-order valence-electron chi connectivity index (χ1n) is 8.81. The van der Waals surface area contributed by atoms with Crippen molar-refractivity contribution in [1.29, 1.82) is 10.7 Å². The summed E-state index contributed by atoms with van der Waals surface area (Å²) in [6.45, 7) is 1.95. The third-order valence-corrected chi connectivity index (χ3v) is 4.20. The highest BCUT2D eigenvalue weighted by molar-refractivity contribution is 6.05. The van der Waals surface area contributed by atoms with Crippen LogP contribution < -0.4 is 11.1 Å². The quantitative estimate of drug-likeness (QED) is 0.351. The first-order valence-corrected chi connectivity index (χ1v) is 8.81. The number of aryl methyl sites for hydroxylation is 1. The summed E-state index contributed by atoms with van der Waals surface area (Å²) < 4.78 is 5.53. The molecule has 29 heavy (non-hydrogen) atoms. The van der Waals surface area contributed by atoms with Crippen molar-refractivity contribution in [3.8, 4) is 6.07 Å². The zero-order valence-electron chi connectivity index (χ0n) is 15.8. The van der Waals surface area contributed by atoms with Crippen LogP contribution in [-0.4, -0.2) is 16.8 Å². The molecule has 3 aromatic rings. The second-order valence-electron chi connectivity index (χ2n) is 6.36. The van der Waals surface area contributed by atoms with Crippen molar-refractivity contribution >= 4 is 23.2 Å². The predicted octanol–water partition coefficient (Wildman–Crippen LogP) is 3.64. The molecule has 0 spiro atoms. The van der Waals surface area contributed by atoms with Crippen LogP contribution in [0, 0.1) is 23.7 Å². The summed E-state index contributed by atoms with van der Waals surface area (Å²) in [5.74, 6) is -0.505. The van der Waals surface area contributed by atoms with E-state index in [1.807, 2.05) is 36.4 Å². The van der Waals surface area contributed by atoms with Gasteiger partial charge in [-0.3, -0.25) is 10.2 Å². The van der Waals surface area contributed by atoms with Gasteiger partial charge in [0, 0.05) is 17.6 Å². The van der Waals surface area contributed by atoms with Crippen LogP contribution in [-0.2, 0) is 11.3 Å². The molecule has 0 bridgehead atoms. The lowest BCUT2D eigenvalue weighted by molar-refractivity contribution is 0.102. The summed E-state index contributed by atoms with van der Waals surface area (Å²) in [6, 6.07) is 17.9. The Labute approximate surface area is 168 Å². The number of nitrogens with two attached hydrogens (primary N) is 1. The van der Waals surface area contributed by atoms with E-state index < -0.39 is 5.91 Å². The standard InChI is InChI=1S/C22H19N5O2/c1-14-9-16(11-23)12-26-20(14)22(28)27-17-7-8-19(24)18(10-17)21(25)29-13-15-5-3-2-4-6-15/h2-10,12,25H,13,24H2,1H3,(H,27,28). The number of anilines is 2. The van der Waals surface area contributed by atoms with Crippen molar-refractivity contribution in [2.24, 2.45) is 0 Å². The molecule has 0 aliphatic carbocycles. The highest BCUT2D eigenvalue weighted by Crippen LogP contribution is 2.20. The van der Waals surface area contributed by atoms with Gasteiger partial charge in [-0.25, -0.2) is 4.98 Å². The Morgan fingerprint density at radius 1 is 1.24 bits per heavy atom. The summed E-state index contributed by atoms with van der Waals surface area (Å²) >= 11 is 0. The van der Waals surface area contributed by atoms with Crippen molar-refractivity contribution < 1.29 is 9.53 Å². The zero-order chi connectivity index (χ0) is 20.8. The first kappa shape index (κ1) is 19.6. The molecule has 7 nitrogen and oxygen atoms in total. The average molecular weight is 385 g/mol. The normalized spacial score (nSPS) is 10.1. The number of carbonyl (C=O) groups is 1. The van der Waals surface area contributed by atoms with Gasteiger partial charge >= 0.3 is 0 Å². The fourth-order valence-electron chi connectivity index (χ4n) is 2.70. The van der Waals surface area contributed by atoms with E-state index in [9.17, 15) is 4.79 Å². The maximum atomic E-state index is 12.5. The second-order valence-corrected chi connectivity index (χ2v) is 6.36. The summed E-state index contributed by atoms with van der Waals surface area (Å²) in [5.41, 5.74) is 9.32. The topological polar surface area (TPSA) is 125 Å². The Kier molecular flexibility index (Phi) is 5.85. The molecule has 0 unspecified atom stereocenters. The molecule has 0 atom stereocenters. The fourth-order valence-corrected chi connectivity index (χ4v) is 2.70. The number of hydrogen-bond donors (Lipinski definition) is 3. The van der Waals surface area contributed by atoms with Crippen LogP contribution in [0.5, 0.6) is 0 Å². The van der Waals surface area contributed by atoms with Crippen LogP contribution in [0.15, 0.2) is 60.8 Å². The Hall–Kier alpha value is -4.18. The van der Waals surface area contributed by atoms with Gasteiger partial charge in [-0.05, 0) is 42.3 Å². The molecule has 3 rings (SSSR count). The first-order chi connectivity index (χ1) is 14.0. The van der Waals surface area contributed by atoms with Crippen molar-refractivity contribution in [3.05, 3.63) is 88.7 Å². The SMILES string of the molecule is Cc1cc(C#N)cnc1C(=O)Nc1ccc(N)c(C(=N)OCc2ccccc2)c1. The Morgan fingerprint density at radius 2 is 2.00 bits per heavy atom. The van der Waals surface area contributed by atoms with Crippen molar-refractivity contribution in [2.75, 3.05) is 11.1 Å². The number of aromatic nitrogens is 1. The molecular formula is C22H19N5O2. The summed E-state index contributed by atoms with van der Waals surface area (Å²) in [6.07, 6.45) is 1.35. The maximum absolute atomic E-state index is 12.5. The molecule has 1 heterocycles. The number of rotatable bonds is 5. The Balaban J connectivity index is 1.74. The van der Waals surface area contributed by atoms with Gasteiger partial charge in [-0.1, -0.05) is 30.3 Å². The largest absolute Gasteiger partial charge is 0.473 e. The number of nitrogens with one attached hydrogen (secondary N) is 2. The molecular weight excluding hydrogens is 366 g/mol. The maximum Gasteiger partial charge on any atom is 0.274 e. The molecule has 0 saturated heterocycles. The molecule has 0 radical (unpaired) electrons. The summed E-state index contributed by atoms with van der Waals surface area (Å²) in [4.78, 5) is 16.6. The van der Waals surface area contributed by atoms with Crippen LogP contribution in [0.25, 0.3) is 0 Å². The lowest BCUT2D eigenvalue weighted by Gasteiger charge is -2.12. The monoisotopic (exact) mass is 385 g/mol. The highest BCUT2D eigenvalue weighted by atomic mass is 16.5. The Morgan fingerprint density at radius 3 is 2.69 bits per heavy atom. The number of nitrogens with zero attached hydrogens (tertiary/aromatic N) is 2. The van der Waals surface area contributed by atoms with Gasteiger partial charge in [0.2, 0.25) is 5.90 Å². The fraction of sp³-hybridized carbons (Fsp3) is 0.0909. The number of ether oxygens (including phenoxy) is 1. The van der Waals surface area contributed by atoms with E-state index in [1.165, 1.54) is 6.20 Å². The third kappa shape index (κ3) is 4.76. The van der Waals surface area contributed by atoms with E-state index in [-0.39, 0.29) is 18.2 Å². The number of benzene rings is 2. The van der Waals surface area contributed by atoms with Crippen LogP contribution in [0.1, 0.15) is 32.7 Å². The van der Waals surface area contributed by atoms with Gasteiger partial charge in [0.25, 0.3) is 5.91 Å². The number of pyridine rings is 1. The third-order valence-electron chi connectivity index (χ3n) is 4.20. The molecule has 2 aromatic carbocycles. The molecule has 0 fully saturated rings. The van der Waals surface area contributed by atoms with Gasteiger partial charge in [0.05, 0.1) is 11.1 Å². The second kappa shape index (κ2) is 8.67. The number of carbonyl (C=O) groups excluding carboxylic acids is 1. The van der Waals surface area contributed by atoms with E-state index in [2.05, 4.69) is 10.3 Å².